The lowest BCUT2D eigenvalue weighted by molar-refractivity contribution is 0.309. The number of nitrogens with one attached hydrogen (secondary N) is 1. The average Bonchev–Trinajstić information content (AvgIpc) is 2.51. The van der Waals surface area contributed by atoms with Gasteiger partial charge in [-0.3, -0.25) is 4.72 Å². The largest absolute Gasteiger partial charge is 0.494 e. The van der Waals surface area contributed by atoms with Gasteiger partial charge in [-0.2, -0.15) is 0 Å². The Bertz CT molecular complexity index is 758. The number of ether oxygens (including phenoxy) is 1. The normalized spacial score (nSPS) is 11.3. The smallest absolute Gasteiger partial charge is 0.261 e. The Morgan fingerprint density at radius 2 is 1.83 bits per heavy atom. The van der Waals surface area contributed by atoms with Gasteiger partial charge in [-0.15, -0.1) is 0 Å². The van der Waals surface area contributed by atoms with E-state index in [0.29, 0.717) is 23.1 Å². The SMILES string of the molecule is CCCCOc1ccc(S(=O)(=O)Nc2ccc(Cl)cc2C)cc1. The van der Waals surface area contributed by atoms with Crippen molar-refractivity contribution in [3.8, 4) is 5.75 Å². The van der Waals surface area contributed by atoms with Gasteiger partial charge in [0.1, 0.15) is 5.75 Å². The Balaban J connectivity index is 2.13. The molecule has 6 heteroatoms. The second-order valence-electron chi connectivity index (χ2n) is 5.24. The van der Waals surface area contributed by atoms with Crippen LogP contribution in [0.4, 0.5) is 5.69 Å². The number of halogens is 1. The first-order valence-corrected chi connectivity index (χ1v) is 9.30. The molecule has 0 aliphatic carbocycles. The summed E-state index contributed by atoms with van der Waals surface area (Å²) in [6.07, 6.45) is 2.02. The number of aryl methyl sites for hydroxylation is 1. The van der Waals surface area contributed by atoms with Crippen LogP contribution in [0.25, 0.3) is 0 Å². The van der Waals surface area contributed by atoms with E-state index in [1.54, 1.807) is 37.3 Å². The molecule has 0 heterocycles. The molecule has 0 spiro atoms. The molecule has 2 rings (SSSR count). The third-order valence-corrected chi connectivity index (χ3v) is 4.95. The molecule has 0 saturated carbocycles. The predicted molar refractivity (Wildman–Crippen MR) is 93.8 cm³/mol. The van der Waals surface area contributed by atoms with E-state index in [0.717, 1.165) is 18.4 Å². The van der Waals surface area contributed by atoms with Crippen LogP contribution in [0.5, 0.6) is 5.75 Å². The van der Waals surface area contributed by atoms with Crippen molar-refractivity contribution >= 4 is 27.3 Å². The lowest BCUT2D eigenvalue weighted by Gasteiger charge is -2.11. The van der Waals surface area contributed by atoms with Gasteiger partial charge in [-0.05, 0) is 61.4 Å². The lowest BCUT2D eigenvalue weighted by Crippen LogP contribution is -2.13. The van der Waals surface area contributed by atoms with Crippen molar-refractivity contribution in [2.45, 2.75) is 31.6 Å². The fourth-order valence-electron chi connectivity index (χ4n) is 1.99. The summed E-state index contributed by atoms with van der Waals surface area (Å²) in [4.78, 5) is 0.190. The van der Waals surface area contributed by atoms with Crippen molar-refractivity contribution in [3.05, 3.63) is 53.1 Å². The summed E-state index contributed by atoms with van der Waals surface area (Å²) in [7, 11) is -3.64. The van der Waals surface area contributed by atoms with Crippen molar-refractivity contribution in [1.82, 2.24) is 0 Å². The molecule has 2 aromatic rings. The molecule has 124 valence electrons. The summed E-state index contributed by atoms with van der Waals surface area (Å²) in [5, 5.41) is 0.569. The topological polar surface area (TPSA) is 55.4 Å². The van der Waals surface area contributed by atoms with Crippen LogP contribution >= 0.6 is 11.6 Å². The zero-order valence-electron chi connectivity index (χ0n) is 13.2. The molecule has 0 unspecified atom stereocenters. The average molecular weight is 354 g/mol. The van der Waals surface area contributed by atoms with Gasteiger partial charge in [-0.25, -0.2) is 8.42 Å². The monoisotopic (exact) mass is 353 g/mol. The molecular formula is C17H20ClNO3S. The highest BCUT2D eigenvalue weighted by molar-refractivity contribution is 7.92. The number of hydrogen-bond acceptors (Lipinski definition) is 3. The third kappa shape index (κ3) is 4.88. The maximum Gasteiger partial charge on any atom is 0.261 e. The second-order valence-corrected chi connectivity index (χ2v) is 7.36. The summed E-state index contributed by atoms with van der Waals surface area (Å²) in [5.41, 5.74) is 1.28. The summed E-state index contributed by atoms with van der Waals surface area (Å²) >= 11 is 5.88. The predicted octanol–water partition coefficient (Wildman–Crippen LogP) is 4.63. The maximum atomic E-state index is 12.4. The van der Waals surface area contributed by atoms with Crippen molar-refractivity contribution in [3.63, 3.8) is 0 Å². The van der Waals surface area contributed by atoms with E-state index in [9.17, 15) is 8.42 Å². The summed E-state index contributed by atoms with van der Waals surface area (Å²) < 4.78 is 33.0. The third-order valence-electron chi connectivity index (χ3n) is 3.33. The quantitative estimate of drug-likeness (QED) is 0.738. The van der Waals surface area contributed by atoms with E-state index >= 15 is 0 Å². The highest BCUT2D eigenvalue weighted by Crippen LogP contribution is 2.24. The molecule has 0 atom stereocenters. The van der Waals surface area contributed by atoms with Gasteiger partial charge in [0.05, 0.1) is 17.2 Å². The molecule has 23 heavy (non-hydrogen) atoms. The number of unbranched alkanes of at least 4 members (excludes halogenated alkanes) is 1. The van der Waals surface area contributed by atoms with E-state index < -0.39 is 10.0 Å². The Labute approximate surface area is 142 Å². The van der Waals surface area contributed by atoms with Gasteiger partial charge in [0.15, 0.2) is 0 Å². The second kappa shape index (κ2) is 7.70. The van der Waals surface area contributed by atoms with Crippen molar-refractivity contribution < 1.29 is 13.2 Å². The highest BCUT2D eigenvalue weighted by atomic mass is 35.5. The Morgan fingerprint density at radius 3 is 2.43 bits per heavy atom. The van der Waals surface area contributed by atoms with Crippen molar-refractivity contribution in [2.75, 3.05) is 11.3 Å². The zero-order chi connectivity index (χ0) is 16.9. The first kappa shape index (κ1) is 17.6. The van der Waals surface area contributed by atoms with Gasteiger partial charge in [0.2, 0.25) is 0 Å². The molecule has 1 N–H and O–H groups in total. The molecular weight excluding hydrogens is 334 g/mol. The van der Waals surface area contributed by atoms with E-state index in [-0.39, 0.29) is 4.90 Å². The van der Waals surface area contributed by atoms with Gasteiger partial charge in [-0.1, -0.05) is 24.9 Å². The molecule has 0 aliphatic rings. The van der Waals surface area contributed by atoms with Crippen LogP contribution in [0.3, 0.4) is 0 Å². The summed E-state index contributed by atoms with van der Waals surface area (Å²) in [6.45, 7) is 4.52. The molecule has 4 nitrogen and oxygen atoms in total. The van der Waals surface area contributed by atoms with Gasteiger partial charge in [0.25, 0.3) is 10.0 Å². The van der Waals surface area contributed by atoms with Crippen molar-refractivity contribution in [1.29, 1.82) is 0 Å². The molecule has 0 aromatic heterocycles. The standard InChI is InChI=1S/C17H20ClNO3S/c1-3-4-11-22-15-6-8-16(9-7-15)23(20,21)19-17-10-5-14(18)12-13(17)2/h5-10,12,19H,3-4,11H2,1-2H3. The molecule has 0 saturated heterocycles. The first-order chi connectivity index (χ1) is 10.9. The Morgan fingerprint density at radius 1 is 1.13 bits per heavy atom. The minimum absolute atomic E-state index is 0.190. The summed E-state index contributed by atoms with van der Waals surface area (Å²) in [5.74, 6) is 0.667. The van der Waals surface area contributed by atoms with Gasteiger partial charge >= 0.3 is 0 Å². The maximum absolute atomic E-state index is 12.4. The van der Waals surface area contributed by atoms with Crippen molar-refractivity contribution in [2.24, 2.45) is 0 Å². The number of rotatable bonds is 7. The highest BCUT2D eigenvalue weighted by Gasteiger charge is 2.15. The minimum atomic E-state index is -3.64. The molecule has 0 bridgehead atoms. The van der Waals surface area contributed by atoms with Crippen LogP contribution in [-0.4, -0.2) is 15.0 Å². The fraction of sp³-hybridized carbons (Fsp3) is 0.294. The number of benzene rings is 2. The van der Waals surface area contributed by atoms with Crippen LogP contribution in [0.1, 0.15) is 25.3 Å². The van der Waals surface area contributed by atoms with E-state index in [4.69, 9.17) is 16.3 Å². The van der Waals surface area contributed by atoms with Gasteiger partial charge in [0, 0.05) is 5.02 Å². The van der Waals surface area contributed by atoms with Crippen LogP contribution in [0, 0.1) is 6.92 Å². The fourth-order valence-corrected chi connectivity index (χ4v) is 3.35. The molecule has 0 amide bonds. The number of anilines is 1. The lowest BCUT2D eigenvalue weighted by atomic mass is 10.2. The van der Waals surface area contributed by atoms with Crippen LogP contribution < -0.4 is 9.46 Å². The number of sulfonamides is 1. The zero-order valence-corrected chi connectivity index (χ0v) is 14.7. The molecule has 2 aromatic carbocycles. The van der Waals surface area contributed by atoms with Gasteiger partial charge < -0.3 is 4.74 Å². The Kier molecular flexibility index (Phi) is 5.91. The van der Waals surface area contributed by atoms with Crippen LogP contribution in [0.2, 0.25) is 5.02 Å². The van der Waals surface area contributed by atoms with E-state index in [2.05, 4.69) is 11.6 Å². The van der Waals surface area contributed by atoms with Crippen LogP contribution in [0.15, 0.2) is 47.4 Å². The van der Waals surface area contributed by atoms with Crippen LogP contribution in [-0.2, 0) is 10.0 Å². The first-order valence-electron chi connectivity index (χ1n) is 7.44. The Hall–Kier alpha value is -1.72. The number of hydrogen-bond donors (Lipinski definition) is 1. The van der Waals surface area contributed by atoms with E-state index in [1.165, 1.54) is 12.1 Å². The summed E-state index contributed by atoms with van der Waals surface area (Å²) in [6, 6.07) is 11.4. The minimum Gasteiger partial charge on any atom is -0.494 e. The molecule has 0 aliphatic heterocycles. The molecule has 0 fully saturated rings. The molecule has 0 radical (unpaired) electrons. The van der Waals surface area contributed by atoms with E-state index in [1.807, 2.05) is 0 Å².